The van der Waals surface area contributed by atoms with E-state index in [1.165, 1.54) is 24.3 Å². The van der Waals surface area contributed by atoms with Gasteiger partial charge in [0.25, 0.3) is 0 Å². The molecule has 1 spiro atoms. The fourth-order valence-corrected chi connectivity index (χ4v) is 4.81. The van der Waals surface area contributed by atoms with E-state index in [1.807, 2.05) is 35.2 Å². The first-order valence-corrected chi connectivity index (χ1v) is 13.7. The monoisotopic (exact) mass is 563 g/mol. The molecule has 1 unspecified atom stereocenters. The molecule has 2 N–H and O–H groups in total. The first-order valence-electron chi connectivity index (χ1n) is 13.7. The van der Waals surface area contributed by atoms with Crippen LogP contribution >= 0.6 is 0 Å². The lowest BCUT2D eigenvalue weighted by molar-refractivity contribution is -0.185. The molecule has 1 atom stereocenters. The summed E-state index contributed by atoms with van der Waals surface area (Å²) in [4.78, 5) is 28.2. The largest absolute Gasteiger partial charge is 0.457 e. The second-order valence-electron chi connectivity index (χ2n) is 10.1. The summed E-state index contributed by atoms with van der Waals surface area (Å²) in [6.45, 7) is 3.01. The molecule has 9 nitrogen and oxygen atoms in total. The van der Waals surface area contributed by atoms with Crippen LogP contribution in [0, 0.1) is 5.82 Å². The van der Waals surface area contributed by atoms with Gasteiger partial charge in [0.05, 0.1) is 33.0 Å². The third-order valence-corrected chi connectivity index (χ3v) is 7.02. The van der Waals surface area contributed by atoms with Gasteiger partial charge in [0, 0.05) is 31.6 Å². The molecule has 2 aliphatic rings. The number of piperidine rings is 1. The summed E-state index contributed by atoms with van der Waals surface area (Å²) in [7, 11) is 0. The molecular weight excluding hydrogens is 529 g/mol. The van der Waals surface area contributed by atoms with Crippen LogP contribution in [-0.4, -0.2) is 68.0 Å². The van der Waals surface area contributed by atoms with Crippen molar-refractivity contribution in [2.75, 3.05) is 44.8 Å². The van der Waals surface area contributed by atoms with E-state index in [-0.39, 0.29) is 24.9 Å². The number of rotatable bonds is 11. The van der Waals surface area contributed by atoms with Crippen LogP contribution in [0.15, 0.2) is 78.9 Å². The fraction of sp³-hybridized carbons (Fsp3) is 0.355. The van der Waals surface area contributed by atoms with Gasteiger partial charge < -0.3 is 29.6 Å². The molecule has 0 aliphatic carbocycles. The molecule has 10 heteroatoms. The lowest BCUT2D eigenvalue weighted by Gasteiger charge is -2.37. The molecule has 2 amide bonds. The first-order chi connectivity index (χ1) is 20.0. The van der Waals surface area contributed by atoms with E-state index in [1.54, 1.807) is 24.3 Å². The van der Waals surface area contributed by atoms with Crippen molar-refractivity contribution in [3.63, 3.8) is 0 Å². The van der Waals surface area contributed by atoms with E-state index in [0.717, 1.165) is 5.56 Å². The minimum Gasteiger partial charge on any atom is -0.457 e. The van der Waals surface area contributed by atoms with Gasteiger partial charge in [0.1, 0.15) is 23.4 Å². The minimum absolute atomic E-state index is 0.00300. The third kappa shape index (κ3) is 8.34. The number of carbonyl (C=O) groups is 2. The maximum absolute atomic E-state index is 13.2. The maximum atomic E-state index is 13.2. The molecule has 0 bridgehead atoms. The molecule has 0 saturated carbocycles. The second-order valence-corrected chi connectivity index (χ2v) is 10.1. The number of anilines is 1. The van der Waals surface area contributed by atoms with Crippen molar-refractivity contribution in [2.24, 2.45) is 0 Å². The van der Waals surface area contributed by atoms with Gasteiger partial charge in [-0.2, -0.15) is 0 Å². The number of likely N-dealkylation sites (tertiary alicyclic amines) is 1. The Morgan fingerprint density at radius 1 is 0.902 bits per heavy atom. The summed E-state index contributed by atoms with van der Waals surface area (Å²) in [6, 6.07) is 21.2. The fourth-order valence-electron chi connectivity index (χ4n) is 4.81. The van der Waals surface area contributed by atoms with Crippen molar-refractivity contribution in [3.8, 4) is 11.5 Å². The van der Waals surface area contributed by atoms with Gasteiger partial charge in [-0.1, -0.05) is 30.3 Å². The highest BCUT2D eigenvalue weighted by Crippen LogP contribution is 2.31. The predicted molar refractivity (Wildman–Crippen MR) is 150 cm³/mol. The summed E-state index contributed by atoms with van der Waals surface area (Å²) in [5.41, 5.74) is 1.50. The Bertz CT molecular complexity index is 1270. The van der Waals surface area contributed by atoms with Crippen molar-refractivity contribution in [2.45, 2.75) is 31.3 Å². The quantitative estimate of drug-likeness (QED) is 0.363. The first kappa shape index (κ1) is 28.7. The number of carbonyl (C=O) groups excluding carboxylic acids is 2. The summed E-state index contributed by atoms with van der Waals surface area (Å²) < 4.78 is 36.2. The molecule has 0 radical (unpaired) electrons. The molecule has 2 heterocycles. The van der Waals surface area contributed by atoms with Crippen molar-refractivity contribution >= 4 is 17.5 Å². The number of hydrogen-bond acceptors (Lipinski definition) is 7. The normalized spacial score (nSPS) is 17.2. The number of benzene rings is 3. The smallest absolute Gasteiger partial charge is 0.249 e. The van der Waals surface area contributed by atoms with Crippen LogP contribution in [0.2, 0.25) is 0 Å². The highest BCUT2D eigenvalue weighted by Gasteiger charge is 2.40. The van der Waals surface area contributed by atoms with Gasteiger partial charge >= 0.3 is 0 Å². The molecule has 216 valence electrons. The van der Waals surface area contributed by atoms with Gasteiger partial charge in [-0.15, -0.1) is 0 Å². The van der Waals surface area contributed by atoms with Crippen molar-refractivity contribution in [3.05, 3.63) is 90.2 Å². The van der Waals surface area contributed by atoms with E-state index in [9.17, 15) is 14.0 Å². The van der Waals surface area contributed by atoms with Crippen LogP contribution in [0.4, 0.5) is 10.1 Å². The van der Waals surface area contributed by atoms with Gasteiger partial charge in [-0.25, -0.2) is 4.39 Å². The van der Waals surface area contributed by atoms with E-state index in [4.69, 9.17) is 18.9 Å². The molecule has 2 saturated heterocycles. The maximum Gasteiger partial charge on any atom is 0.249 e. The van der Waals surface area contributed by atoms with Gasteiger partial charge in [0.15, 0.2) is 5.79 Å². The van der Waals surface area contributed by atoms with Crippen LogP contribution < -0.4 is 15.4 Å². The van der Waals surface area contributed by atoms with Crippen molar-refractivity contribution in [1.82, 2.24) is 10.2 Å². The molecule has 2 aliphatic heterocycles. The number of nitrogens with zero attached hydrogens (tertiary/aromatic N) is 1. The molecule has 41 heavy (non-hydrogen) atoms. The average molecular weight is 564 g/mol. The van der Waals surface area contributed by atoms with E-state index in [2.05, 4.69) is 10.6 Å². The van der Waals surface area contributed by atoms with Crippen molar-refractivity contribution < 1.29 is 32.9 Å². The predicted octanol–water partition coefficient (Wildman–Crippen LogP) is 4.10. The Labute approximate surface area is 238 Å². The average Bonchev–Trinajstić information content (AvgIpc) is 3.44. The highest BCUT2D eigenvalue weighted by atomic mass is 19.1. The summed E-state index contributed by atoms with van der Waals surface area (Å²) in [6.07, 6.45) is 1.40. The van der Waals surface area contributed by atoms with Crippen LogP contribution in [0.3, 0.4) is 0 Å². The Kier molecular flexibility index (Phi) is 9.58. The Morgan fingerprint density at radius 2 is 1.54 bits per heavy atom. The summed E-state index contributed by atoms with van der Waals surface area (Å²) in [5.74, 6) is -0.497. The molecule has 2 fully saturated rings. The standard InChI is InChI=1S/C31H34FN3O6/c32-24-6-10-26(11-7-24)41-27-12-8-25(9-13-27)33-30(37)28(22-38-21-23-4-2-1-3-5-23)34-29(36)20-35-16-14-31(15-17-35)39-18-19-40-31/h1-13,28H,14-22H2,(H,33,37)(H,34,36). The van der Waals surface area contributed by atoms with Crippen LogP contribution in [0.5, 0.6) is 11.5 Å². The zero-order valence-corrected chi connectivity index (χ0v) is 22.7. The number of halogens is 1. The van der Waals surface area contributed by atoms with Gasteiger partial charge in [0.2, 0.25) is 11.8 Å². The summed E-state index contributed by atoms with van der Waals surface area (Å²) in [5, 5.41) is 5.69. The summed E-state index contributed by atoms with van der Waals surface area (Å²) >= 11 is 0. The third-order valence-electron chi connectivity index (χ3n) is 7.02. The Morgan fingerprint density at radius 3 is 2.20 bits per heavy atom. The molecular formula is C31H34FN3O6. The van der Waals surface area contributed by atoms with E-state index >= 15 is 0 Å². The van der Waals surface area contributed by atoms with Crippen molar-refractivity contribution in [1.29, 1.82) is 0 Å². The van der Waals surface area contributed by atoms with Crippen LogP contribution in [0.25, 0.3) is 0 Å². The SMILES string of the molecule is O=C(CN1CCC2(CC1)OCCO2)NC(COCc1ccccc1)C(=O)Nc1ccc(Oc2ccc(F)cc2)cc1. The van der Waals surface area contributed by atoms with Gasteiger partial charge in [-0.3, -0.25) is 14.5 Å². The minimum atomic E-state index is -0.904. The molecule has 3 aromatic rings. The van der Waals surface area contributed by atoms with Crippen LogP contribution in [0.1, 0.15) is 18.4 Å². The number of ether oxygens (including phenoxy) is 4. The van der Waals surface area contributed by atoms with E-state index in [0.29, 0.717) is 62.9 Å². The van der Waals surface area contributed by atoms with Crippen LogP contribution in [-0.2, 0) is 30.4 Å². The van der Waals surface area contributed by atoms with E-state index < -0.39 is 17.7 Å². The Hall–Kier alpha value is -3.83. The second kappa shape index (κ2) is 13.7. The number of hydrogen-bond donors (Lipinski definition) is 2. The molecule has 0 aromatic heterocycles. The number of amides is 2. The highest BCUT2D eigenvalue weighted by molar-refractivity contribution is 5.97. The molecule has 5 rings (SSSR count). The Balaban J connectivity index is 1.16. The van der Waals surface area contributed by atoms with Gasteiger partial charge in [-0.05, 0) is 54.1 Å². The topological polar surface area (TPSA) is 98.4 Å². The zero-order valence-electron chi connectivity index (χ0n) is 22.7. The molecule has 3 aromatic carbocycles. The zero-order chi connectivity index (χ0) is 28.5. The lowest BCUT2D eigenvalue weighted by Crippen LogP contribution is -2.52. The number of nitrogens with one attached hydrogen (secondary N) is 2. The lowest BCUT2D eigenvalue weighted by atomic mass is 10.0.